The number of hydrogen-bond donors (Lipinski definition) is 3. The van der Waals surface area contributed by atoms with E-state index in [-0.39, 0.29) is 23.5 Å². The summed E-state index contributed by atoms with van der Waals surface area (Å²) in [6.07, 6.45) is 2.86. The van der Waals surface area contributed by atoms with Gasteiger partial charge in [0.05, 0.1) is 22.5 Å². The summed E-state index contributed by atoms with van der Waals surface area (Å²) in [5, 5.41) is 5.88. The van der Waals surface area contributed by atoms with Crippen molar-refractivity contribution in [2.24, 2.45) is 0 Å². The SMILES string of the molecule is CCCC(C(=O)NC=O)c1ccc(N2CCN(CCCS(=O)N3CCC(Nc4ncc5cc(C(F)F)c(=O)[nH]c5n4)CC3)CC2)cc1. The summed E-state index contributed by atoms with van der Waals surface area (Å²) in [5.74, 6) is 0.321. The number of nitrogens with zero attached hydrogens (tertiary/aromatic N) is 5. The number of benzene rings is 1. The molecule has 0 spiro atoms. The number of carbonyl (C=O) groups is 2. The van der Waals surface area contributed by atoms with Gasteiger partial charge in [0.2, 0.25) is 18.3 Å². The van der Waals surface area contributed by atoms with Crippen LogP contribution in [0.4, 0.5) is 20.4 Å². The number of anilines is 2. The van der Waals surface area contributed by atoms with E-state index in [1.54, 1.807) is 0 Å². The molecule has 3 aromatic rings. The Labute approximate surface area is 274 Å². The van der Waals surface area contributed by atoms with Crippen molar-refractivity contribution in [3.63, 3.8) is 0 Å². The van der Waals surface area contributed by atoms with Gasteiger partial charge in [-0.3, -0.25) is 24.6 Å². The minimum atomic E-state index is -2.87. The first-order valence-electron chi connectivity index (χ1n) is 16.1. The Morgan fingerprint density at radius 3 is 2.51 bits per heavy atom. The summed E-state index contributed by atoms with van der Waals surface area (Å²) in [4.78, 5) is 50.6. The second-order valence-electron chi connectivity index (χ2n) is 12.0. The van der Waals surface area contributed by atoms with Gasteiger partial charge >= 0.3 is 0 Å². The maximum absolute atomic E-state index is 13.0. The molecule has 0 saturated carbocycles. The minimum Gasteiger partial charge on any atom is -0.369 e. The van der Waals surface area contributed by atoms with Gasteiger partial charge in [-0.1, -0.05) is 25.5 Å². The lowest BCUT2D eigenvalue weighted by atomic mass is 9.93. The van der Waals surface area contributed by atoms with Crippen molar-refractivity contribution in [3.05, 3.63) is 58.0 Å². The Balaban J connectivity index is 1.01. The Bertz CT molecular complexity index is 1590. The van der Waals surface area contributed by atoms with Gasteiger partial charge in [0.1, 0.15) is 5.65 Å². The van der Waals surface area contributed by atoms with E-state index in [0.29, 0.717) is 43.0 Å². The molecule has 1 aromatic carbocycles. The maximum Gasteiger partial charge on any atom is 0.269 e. The third kappa shape index (κ3) is 8.96. The number of piperidine rings is 1. The van der Waals surface area contributed by atoms with Crippen LogP contribution in [0.2, 0.25) is 0 Å². The molecule has 2 aliphatic heterocycles. The molecule has 3 N–H and O–H groups in total. The lowest BCUT2D eigenvalue weighted by Crippen LogP contribution is -2.47. The van der Waals surface area contributed by atoms with E-state index in [1.807, 2.05) is 35.5 Å². The fourth-order valence-electron chi connectivity index (χ4n) is 6.21. The number of imide groups is 1. The van der Waals surface area contributed by atoms with Crippen molar-refractivity contribution in [2.75, 3.05) is 61.8 Å². The Morgan fingerprint density at radius 2 is 1.85 bits per heavy atom. The highest BCUT2D eigenvalue weighted by molar-refractivity contribution is 7.82. The minimum absolute atomic E-state index is 0.0694. The fourth-order valence-corrected chi connectivity index (χ4v) is 7.46. The van der Waals surface area contributed by atoms with E-state index in [0.717, 1.165) is 75.7 Å². The second kappa shape index (κ2) is 16.3. The van der Waals surface area contributed by atoms with E-state index in [1.165, 1.54) is 6.20 Å². The molecule has 15 heteroatoms. The molecule has 4 heterocycles. The molecular formula is C32H42F2N8O4S. The van der Waals surface area contributed by atoms with Crippen LogP contribution in [0.1, 0.15) is 62.5 Å². The zero-order valence-electron chi connectivity index (χ0n) is 26.5. The van der Waals surface area contributed by atoms with Crippen molar-refractivity contribution in [1.29, 1.82) is 0 Å². The van der Waals surface area contributed by atoms with Gasteiger partial charge < -0.3 is 15.2 Å². The quantitative estimate of drug-likeness (QED) is 0.220. The van der Waals surface area contributed by atoms with E-state index in [9.17, 15) is 27.4 Å². The average Bonchev–Trinajstić information content (AvgIpc) is 3.07. The van der Waals surface area contributed by atoms with E-state index < -0.39 is 28.5 Å². The monoisotopic (exact) mass is 672 g/mol. The molecule has 2 unspecified atom stereocenters. The largest absolute Gasteiger partial charge is 0.369 e. The van der Waals surface area contributed by atoms with Crippen molar-refractivity contribution in [1.82, 2.24) is 29.5 Å². The summed E-state index contributed by atoms with van der Waals surface area (Å²) in [5.41, 5.74) is 0.760. The predicted octanol–water partition coefficient (Wildman–Crippen LogP) is 3.16. The van der Waals surface area contributed by atoms with Gasteiger partial charge in [0, 0.05) is 68.3 Å². The topological polar surface area (TPSA) is 144 Å². The number of hydrogen-bond acceptors (Lipinski definition) is 9. The molecule has 0 aliphatic carbocycles. The summed E-state index contributed by atoms with van der Waals surface area (Å²) < 4.78 is 41.1. The van der Waals surface area contributed by atoms with Crippen LogP contribution >= 0.6 is 0 Å². The van der Waals surface area contributed by atoms with Crippen LogP contribution in [0.5, 0.6) is 0 Å². The van der Waals surface area contributed by atoms with Crippen LogP contribution < -0.4 is 21.1 Å². The standard InChI is InChI=1S/C32H42F2N8O4S/c1-2-4-26(30(44)36-21-43)22-5-7-25(8-6-22)41-16-14-40(15-17-41)11-3-18-47(46)42-12-9-24(10-13-42)37-32-35-20-23-19-27(28(33)34)31(45)38-29(23)39-32/h5-8,19-21,24,26,28H,2-4,9-18H2,1H3,(H,36,43,44)(H2,35,37,38,39,45). The number of piperazine rings is 1. The highest BCUT2D eigenvalue weighted by atomic mass is 32.2. The molecule has 5 rings (SSSR count). The molecule has 2 amide bonds. The smallest absolute Gasteiger partial charge is 0.269 e. The lowest BCUT2D eigenvalue weighted by molar-refractivity contribution is -0.126. The molecule has 12 nitrogen and oxygen atoms in total. The van der Waals surface area contributed by atoms with E-state index >= 15 is 0 Å². The number of aromatic amines is 1. The Morgan fingerprint density at radius 1 is 1.13 bits per heavy atom. The van der Waals surface area contributed by atoms with Gasteiger partial charge in [0.25, 0.3) is 12.0 Å². The zero-order chi connectivity index (χ0) is 33.3. The first kappa shape index (κ1) is 34.5. The number of rotatable bonds is 14. The fraction of sp³-hybridized carbons (Fsp3) is 0.531. The summed E-state index contributed by atoms with van der Waals surface area (Å²) >= 11 is 0. The third-order valence-electron chi connectivity index (χ3n) is 8.85. The van der Waals surface area contributed by atoms with Gasteiger partial charge in [-0.05, 0) is 56.0 Å². The third-order valence-corrected chi connectivity index (χ3v) is 10.4. The normalized spacial score (nSPS) is 17.9. The number of amides is 2. The number of H-pyrrole nitrogens is 1. The predicted molar refractivity (Wildman–Crippen MR) is 178 cm³/mol. The number of aromatic nitrogens is 3. The van der Waals surface area contributed by atoms with E-state index in [4.69, 9.17) is 0 Å². The number of halogens is 2. The first-order chi connectivity index (χ1) is 22.7. The zero-order valence-corrected chi connectivity index (χ0v) is 27.3. The van der Waals surface area contributed by atoms with Crippen LogP contribution in [0.15, 0.2) is 41.3 Å². The number of carbonyl (C=O) groups excluding carboxylic acids is 2. The molecule has 2 aromatic heterocycles. The van der Waals surface area contributed by atoms with E-state index in [2.05, 4.69) is 35.4 Å². The van der Waals surface area contributed by atoms with Gasteiger partial charge in [0.15, 0.2) is 0 Å². The molecule has 47 heavy (non-hydrogen) atoms. The first-order valence-corrected chi connectivity index (χ1v) is 17.4. The summed E-state index contributed by atoms with van der Waals surface area (Å²) in [6, 6.07) is 9.25. The molecule has 2 fully saturated rings. The van der Waals surface area contributed by atoms with Gasteiger partial charge in [-0.15, -0.1) is 0 Å². The van der Waals surface area contributed by atoms with Crippen LogP contribution in [-0.4, -0.2) is 98.3 Å². The lowest BCUT2D eigenvalue weighted by Gasteiger charge is -2.36. The van der Waals surface area contributed by atoms with Crippen LogP contribution in [-0.2, 0) is 20.6 Å². The molecule has 2 aliphatic rings. The number of pyridine rings is 1. The average molecular weight is 673 g/mol. The highest BCUT2D eigenvalue weighted by Crippen LogP contribution is 2.26. The highest BCUT2D eigenvalue weighted by Gasteiger charge is 2.25. The second-order valence-corrected chi connectivity index (χ2v) is 13.5. The molecule has 2 atom stereocenters. The van der Waals surface area contributed by atoms with Gasteiger partial charge in [-0.25, -0.2) is 22.3 Å². The molecule has 0 radical (unpaired) electrons. The Hall–Kier alpha value is -3.82. The number of nitrogens with one attached hydrogen (secondary N) is 3. The van der Waals surface area contributed by atoms with Gasteiger partial charge in [-0.2, -0.15) is 4.98 Å². The van der Waals surface area contributed by atoms with Crippen LogP contribution in [0.3, 0.4) is 0 Å². The van der Waals surface area contributed by atoms with Crippen LogP contribution in [0.25, 0.3) is 11.0 Å². The summed E-state index contributed by atoms with van der Waals surface area (Å²) in [7, 11) is -1.06. The molecule has 2 saturated heterocycles. The molecule has 0 bridgehead atoms. The molecular weight excluding hydrogens is 630 g/mol. The summed E-state index contributed by atoms with van der Waals surface area (Å²) in [6.45, 7) is 7.87. The van der Waals surface area contributed by atoms with Crippen molar-refractivity contribution in [3.8, 4) is 0 Å². The van der Waals surface area contributed by atoms with Crippen molar-refractivity contribution < 1.29 is 22.6 Å². The maximum atomic E-state index is 13.0. The number of fused-ring (bicyclic) bond motifs is 1. The van der Waals surface area contributed by atoms with Crippen LogP contribution in [0, 0.1) is 0 Å². The van der Waals surface area contributed by atoms with Crippen molar-refractivity contribution in [2.45, 2.75) is 57.4 Å². The van der Waals surface area contributed by atoms with Crippen molar-refractivity contribution >= 4 is 46.0 Å². The number of alkyl halides is 2. The Kier molecular flexibility index (Phi) is 12.0. The molecule has 254 valence electrons.